The molecule has 100 valence electrons. The minimum Gasteiger partial charge on any atom is -0.497 e. The maximum Gasteiger partial charge on any atom is 0.297 e. The molecule has 6 heteroatoms. The van der Waals surface area contributed by atoms with Crippen LogP contribution in [0.5, 0.6) is 5.75 Å². The fraction of sp³-hybridized carbons (Fsp3) is 0.0714. The Balaban J connectivity index is 2.12. The number of non-ortho nitro benzene ring substituents is 1. The molecule has 0 saturated carbocycles. The monoisotopic (exact) mass is 269 g/mol. The average molecular weight is 269 g/mol. The molecule has 0 aliphatic rings. The Morgan fingerprint density at radius 2 is 1.95 bits per heavy atom. The first-order chi connectivity index (χ1) is 9.69. The molecule has 3 rings (SSSR count). The fourth-order valence-corrected chi connectivity index (χ4v) is 2.05. The smallest absolute Gasteiger partial charge is 0.297 e. The highest BCUT2D eigenvalue weighted by Crippen LogP contribution is 2.27. The maximum atomic E-state index is 11.0. The molecule has 0 aliphatic carbocycles. The highest BCUT2D eigenvalue weighted by molar-refractivity contribution is 5.87. The number of H-pyrrole nitrogens is 1. The van der Waals surface area contributed by atoms with E-state index in [1.807, 2.05) is 24.3 Å². The van der Waals surface area contributed by atoms with Crippen molar-refractivity contribution in [2.24, 2.45) is 0 Å². The third-order valence-electron chi connectivity index (χ3n) is 3.05. The van der Waals surface area contributed by atoms with Gasteiger partial charge in [-0.2, -0.15) is 0 Å². The molecule has 1 heterocycles. The number of fused-ring (bicyclic) bond motifs is 1. The van der Waals surface area contributed by atoms with Gasteiger partial charge in [-0.3, -0.25) is 10.1 Å². The number of methoxy groups -OCH3 is 1. The summed E-state index contributed by atoms with van der Waals surface area (Å²) in [7, 11) is 1.60. The van der Waals surface area contributed by atoms with Crippen LogP contribution in [0.4, 0.5) is 5.69 Å². The summed E-state index contributed by atoms with van der Waals surface area (Å²) in [6, 6.07) is 12.2. The lowest BCUT2D eigenvalue weighted by atomic mass is 10.2. The zero-order chi connectivity index (χ0) is 14.1. The number of nitro groups is 1. The number of para-hydroxylation sites is 1. The van der Waals surface area contributed by atoms with E-state index in [9.17, 15) is 10.1 Å². The molecular weight excluding hydrogens is 258 g/mol. The number of benzene rings is 2. The zero-order valence-electron chi connectivity index (χ0n) is 10.7. The Morgan fingerprint density at radius 3 is 2.60 bits per heavy atom. The lowest BCUT2D eigenvalue weighted by Gasteiger charge is -2.00. The van der Waals surface area contributed by atoms with Crippen molar-refractivity contribution < 1.29 is 9.66 Å². The van der Waals surface area contributed by atoms with Crippen molar-refractivity contribution in [3.05, 3.63) is 52.6 Å². The molecule has 0 bridgehead atoms. The van der Waals surface area contributed by atoms with Crippen LogP contribution in [0.2, 0.25) is 0 Å². The topological polar surface area (TPSA) is 81.1 Å². The summed E-state index contributed by atoms with van der Waals surface area (Å²) < 4.78 is 5.09. The molecule has 1 aromatic heterocycles. The number of hydrogen-bond acceptors (Lipinski definition) is 4. The number of rotatable bonds is 3. The molecule has 2 aromatic carbocycles. The quantitative estimate of drug-likeness (QED) is 0.585. The Hall–Kier alpha value is -2.89. The van der Waals surface area contributed by atoms with Gasteiger partial charge in [0.2, 0.25) is 0 Å². The molecule has 20 heavy (non-hydrogen) atoms. The second kappa shape index (κ2) is 4.65. The van der Waals surface area contributed by atoms with Gasteiger partial charge in [0, 0.05) is 11.6 Å². The van der Waals surface area contributed by atoms with Crippen molar-refractivity contribution in [3.8, 4) is 17.1 Å². The Kier molecular flexibility index (Phi) is 2.83. The summed E-state index contributed by atoms with van der Waals surface area (Å²) in [4.78, 5) is 18.0. The normalized spacial score (nSPS) is 10.7. The summed E-state index contributed by atoms with van der Waals surface area (Å²) >= 11 is 0. The molecule has 0 aliphatic heterocycles. The van der Waals surface area contributed by atoms with Crippen LogP contribution in [-0.4, -0.2) is 22.0 Å². The Bertz CT molecular complexity index is 778. The fourth-order valence-electron chi connectivity index (χ4n) is 2.05. The first-order valence-electron chi connectivity index (χ1n) is 5.96. The maximum absolute atomic E-state index is 11.0. The van der Waals surface area contributed by atoms with Crippen LogP contribution in [0.15, 0.2) is 42.5 Å². The molecule has 0 radical (unpaired) electrons. The van der Waals surface area contributed by atoms with Gasteiger partial charge in [0.1, 0.15) is 11.6 Å². The average Bonchev–Trinajstić information content (AvgIpc) is 2.90. The minimum atomic E-state index is -0.430. The Morgan fingerprint density at radius 1 is 1.20 bits per heavy atom. The third-order valence-corrected chi connectivity index (χ3v) is 3.05. The van der Waals surface area contributed by atoms with E-state index in [2.05, 4.69) is 9.97 Å². The highest BCUT2D eigenvalue weighted by atomic mass is 16.6. The van der Waals surface area contributed by atoms with Crippen molar-refractivity contribution in [2.45, 2.75) is 0 Å². The molecule has 0 amide bonds. The van der Waals surface area contributed by atoms with Gasteiger partial charge in [-0.05, 0) is 30.3 Å². The second-order valence-corrected chi connectivity index (χ2v) is 4.24. The van der Waals surface area contributed by atoms with Gasteiger partial charge >= 0.3 is 0 Å². The van der Waals surface area contributed by atoms with E-state index in [-0.39, 0.29) is 5.69 Å². The molecule has 0 unspecified atom stereocenters. The van der Waals surface area contributed by atoms with Crippen LogP contribution < -0.4 is 4.74 Å². The third kappa shape index (κ3) is 1.97. The van der Waals surface area contributed by atoms with Crippen molar-refractivity contribution in [3.63, 3.8) is 0 Å². The summed E-state index contributed by atoms with van der Waals surface area (Å²) in [5.41, 5.74) is 1.85. The first kappa shape index (κ1) is 12.2. The van der Waals surface area contributed by atoms with Gasteiger partial charge in [-0.15, -0.1) is 0 Å². The number of nitro benzene ring substituents is 1. The molecule has 0 spiro atoms. The van der Waals surface area contributed by atoms with Gasteiger partial charge < -0.3 is 9.72 Å². The van der Waals surface area contributed by atoms with Gasteiger partial charge in [-0.25, -0.2) is 4.98 Å². The van der Waals surface area contributed by atoms with Gasteiger partial charge in [-0.1, -0.05) is 6.07 Å². The minimum absolute atomic E-state index is 0.00138. The van der Waals surface area contributed by atoms with Crippen molar-refractivity contribution in [1.29, 1.82) is 0 Å². The van der Waals surface area contributed by atoms with E-state index in [0.717, 1.165) is 11.3 Å². The summed E-state index contributed by atoms with van der Waals surface area (Å²) in [6.07, 6.45) is 0. The standard InChI is InChI=1S/C14H11N3O3/c1-20-10-7-5-9(6-8-10)14-15-11-3-2-4-12(17(18)19)13(11)16-14/h2-8H,1H3,(H,15,16). The van der Waals surface area contributed by atoms with E-state index in [4.69, 9.17) is 4.74 Å². The highest BCUT2D eigenvalue weighted by Gasteiger charge is 2.15. The van der Waals surface area contributed by atoms with Crippen LogP contribution in [-0.2, 0) is 0 Å². The van der Waals surface area contributed by atoms with Crippen molar-refractivity contribution >= 4 is 16.7 Å². The number of aromatic nitrogens is 2. The molecule has 3 aromatic rings. The van der Waals surface area contributed by atoms with Gasteiger partial charge in [0.15, 0.2) is 5.52 Å². The van der Waals surface area contributed by atoms with Gasteiger partial charge in [0.05, 0.1) is 17.5 Å². The van der Waals surface area contributed by atoms with Gasteiger partial charge in [0.25, 0.3) is 5.69 Å². The summed E-state index contributed by atoms with van der Waals surface area (Å²) in [5, 5.41) is 11.0. The van der Waals surface area contributed by atoms with Crippen LogP contribution in [0.3, 0.4) is 0 Å². The first-order valence-corrected chi connectivity index (χ1v) is 5.96. The lowest BCUT2D eigenvalue weighted by Crippen LogP contribution is -1.88. The van der Waals surface area contributed by atoms with E-state index < -0.39 is 4.92 Å². The molecule has 1 N–H and O–H groups in total. The number of nitrogens with zero attached hydrogens (tertiary/aromatic N) is 2. The SMILES string of the molecule is COc1ccc(-c2nc3c([N+](=O)[O-])cccc3[nH]2)cc1. The molecule has 0 saturated heterocycles. The summed E-state index contributed by atoms with van der Waals surface area (Å²) in [5.74, 6) is 1.34. The molecule has 0 fully saturated rings. The predicted molar refractivity (Wildman–Crippen MR) is 74.7 cm³/mol. The second-order valence-electron chi connectivity index (χ2n) is 4.24. The van der Waals surface area contributed by atoms with E-state index in [0.29, 0.717) is 16.9 Å². The van der Waals surface area contributed by atoms with Crippen LogP contribution in [0.1, 0.15) is 0 Å². The molecular formula is C14H11N3O3. The Labute approximate surface area is 114 Å². The lowest BCUT2D eigenvalue weighted by molar-refractivity contribution is -0.383. The van der Waals surface area contributed by atoms with Crippen LogP contribution >= 0.6 is 0 Å². The predicted octanol–water partition coefficient (Wildman–Crippen LogP) is 3.15. The van der Waals surface area contributed by atoms with Crippen molar-refractivity contribution in [2.75, 3.05) is 7.11 Å². The number of imidazole rings is 1. The number of ether oxygens (including phenoxy) is 1. The van der Waals surface area contributed by atoms with Crippen LogP contribution in [0, 0.1) is 10.1 Å². The number of hydrogen-bond donors (Lipinski definition) is 1. The largest absolute Gasteiger partial charge is 0.497 e. The van der Waals surface area contributed by atoms with Crippen LogP contribution in [0.25, 0.3) is 22.4 Å². The van der Waals surface area contributed by atoms with E-state index in [1.54, 1.807) is 19.2 Å². The van der Waals surface area contributed by atoms with E-state index >= 15 is 0 Å². The summed E-state index contributed by atoms with van der Waals surface area (Å²) in [6.45, 7) is 0. The zero-order valence-corrected chi connectivity index (χ0v) is 10.7. The van der Waals surface area contributed by atoms with E-state index in [1.165, 1.54) is 6.07 Å². The number of aromatic amines is 1. The number of nitrogens with one attached hydrogen (secondary N) is 1. The molecule has 6 nitrogen and oxygen atoms in total. The van der Waals surface area contributed by atoms with Crippen molar-refractivity contribution in [1.82, 2.24) is 9.97 Å². The molecule has 0 atom stereocenters.